The average molecular weight is 504 g/mol. The van der Waals surface area contributed by atoms with E-state index in [1.807, 2.05) is 42.5 Å². The number of carbonyl (C=O) groups excluding carboxylic acids is 2. The van der Waals surface area contributed by atoms with Gasteiger partial charge < -0.3 is 9.47 Å². The molecule has 3 aromatic rings. The molecule has 1 heterocycles. The fourth-order valence-corrected chi connectivity index (χ4v) is 5.46. The van der Waals surface area contributed by atoms with Gasteiger partial charge >= 0.3 is 11.9 Å². The molecule has 9 heteroatoms. The molecule has 0 amide bonds. The first-order valence-corrected chi connectivity index (χ1v) is 12.3. The zero-order valence-corrected chi connectivity index (χ0v) is 20.8. The second-order valence-corrected chi connectivity index (χ2v) is 9.41. The molecule has 166 valence electrons. The molecular formula is C23H21NO4S4. The predicted molar refractivity (Wildman–Crippen MR) is 133 cm³/mol. The number of thiol groups is 2. The predicted octanol–water partition coefficient (Wildman–Crippen LogP) is 5.82. The van der Waals surface area contributed by atoms with Crippen LogP contribution < -0.4 is 0 Å². The fraction of sp³-hybridized carbons (Fsp3) is 0.174. The lowest BCUT2D eigenvalue weighted by molar-refractivity contribution is 0.0587. The molecule has 0 N–H and O–H groups in total. The molecule has 0 aliphatic carbocycles. The van der Waals surface area contributed by atoms with Crippen LogP contribution in [-0.2, 0) is 21.0 Å². The fourth-order valence-electron chi connectivity index (χ4n) is 2.82. The largest absolute Gasteiger partial charge is 0.465 e. The van der Waals surface area contributed by atoms with Crippen LogP contribution in [0.4, 0.5) is 0 Å². The first kappa shape index (κ1) is 24.6. The van der Waals surface area contributed by atoms with Crippen molar-refractivity contribution in [3.8, 4) is 0 Å². The monoisotopic (exact) mass is 503 g/mol. The van der Waals surface area contributed by atoms with E-state index in [-0.39, 0.29) is 0 Å². The third-order valence-electron chi connectivity index (χ3n) is 4.42. The molecule has 0 saturated heterocycles. The van der Waals surface area contributed by atoms with Crippen molar-refractivity contribution in [1.82, 2.24) is 4.98 Å². The molecule has 3 rings (SSSR count). The van der Waals surface area contributed by atoms with Crippen molar-refractivity contribution in [2.45, 2.75) is 31.1 Å². The number of pyridine rings is 1. The third-order valence-corrected chi connectivity index (χ3v) is 7.87. The van der Waals surface area contributed by atoms with Gasteiger partial charge in [-0.1, -0.05) is 18.2 Å². The second kappa shape index (κ2) is 11.7. The summed E-state index contributed by atoms with van der Waals surface area (Å²) in [4.78, 5) is 31.4. The van der Waals surface area contributed by atoms with Crippen LogP contribution in [0.2, 0.25) is 0 Å². The maximum Gasteiger partial charge on any atom is 0.339 e. The van der Waals surface area contributed by atoms with Gasteiger partial charge in [-0.05, 0) is 36.4 Å². The van der Waals surface area contributed by atoms with Gasteiger partial charge in [-0.25, -0.2) is 9.59 Å². The van der Waals surface area contributed by atoms with Crippen LogP contribution in [0.3, 0.4) is 0 Å². The maximum atomic E-state index is 11.9. The lowest BCUT2D eigenvalue weighted by Gasteiger charge is -2.10. The van der Waals surface area contributed by atoms with Gasteiger partial charge in [0.15, 0.2) is 0 Å². The number of esters is 2. The van der Waals surface area contributed by atoms with E-state index in [9.17, 15) is 9.59 Å². The first-order chi connectivity index (χ1) is 15.4. The van der Waals surface area contributed by atoms with E-state index in [0.29, 0.717) is 32.4 Å². The number of hydrogen-bond acceptors (Lipinski definition) is 9. The summed E-state index contributed by atoms with van der Waals surface area (Å²) in [7, 11) is 2.70. The van der Waals surface area contributed by atoms with Crippen LogP contribution in [0.1, 0.15) is 32.1 Å². The molecular weight excluding hydrogens is 483 g/mol. The summed E-state index contributed by atoms with van der Waals surface area (Å²) in [5.74, 6) is 0.447. The third kappa shape index (κ3) is 6.04. The van der Waals surface area contributed by atoms with Crippen molar-refractivity contribution in [2.75, 3.05) is 14.2 Å². The number of hydrogen-bond donors (Lipinski definition) is 2. The minimum absolute atomic E-state index is 0.408. The molecule has 0 aliphatic heterocycles. The highest BCUT2D eigenvalue weighted by molar-refractivity contribution is 7.99. The van der Waals surface area contributed by atoms with Crippen molar-refractivity contribution in [3.05, 3.63) is 77.1 Å². The van der Waals surface area contributed by atoms with Crippen LogP contribution in [-0.4, -0.2) is 31.1 Å². The number of aromatic nitrogens is 1. The molecule has 1 aromatic heterocycles. The Morgan fingerprint density at radius 1 is 0.750 bits per heavy atom. The highest BCUT2D eigenvalue weighted by Gasteiger charge is 2.14. The smallest absolute Gasteiger partial charge is 0.339 e. The van der Waals surface area contributed by atoms with E-state index < -0.39 is 11.9 Å². The Kier molecular flexibility index (Phi) is 8.98. The molecule has 32 heavy (non-hydrogen) atoms. The van der Waals surface area contributed by atoms with E-state index in [4.69, 9.17) is 14.5 Å². The van der Waals surface area contributed by atoms with Crippen LogP contribution in [0, 0.1) is 0 Å². The van der Waals surface area contributed by atoms with E-state index in [2.05, 4.69) is 25.3 Å². The van der Waals surface area contributed by atoms with Crippen molar-refractivity contribution < 1.29 is 19.1 Å². The topological polar surface area (TPSA) is 65.5 Å². The maximum absolute atomic E-state index is 11.9. The standard InChI is InChI=1S/C23H21NO4S4/c1-27-22(25)16-8-4-10-18(20(16)29)31-12-14-6-3-7-15(24-14)13-32-19-11-5-9-17(21(19)30)23(26)28-2/h3-11,29-30H,12-13H2,1-2H3. The van der Waals surface area contributed by atoms with Crippen molar-refractivity contribution >= 4 is 60.7 Å². The lowest BCUT2D eigenvalue weighted by atomic mass is 10.2. The number of benzene rings is 2. The Hall–Kier alpha value is -2.07. The van der Waals surface area contributed by atoms with Gasteiger partial charge in [-0.15, -0.1) is 48.8 Å². The summed E-state index contributed by atoms with van der Waals surface area (Å²) < 4.78 is 9.61. The minimum atomic E-state index is -0.408. The van der Waals surface area contributed by atoms with Crippen LogP contribution in [0.25, 0.3) is 0 Å². The number of rotatable bonds is 8. The molecule has 0 fully saturated rings. The first-order valence-electron chi connectivity index (χ1n) is 9.45. The summed E-state index contributed by atoms with van der Waals surface area (Å²) >= 11 is 12.1. The van der Waals surface area contributed by atoms with E-state index in [1.165, 1.54) is 14.2 Å². The zero-order valence-electron chi connectivity index (χ0n) is 17.4. The molecule has 0 saturated carbocycles. The van der Waals surface area contributed by atoms with Crippen molar-refractivity contribution in [1.29, 1.82) is 0 Å². The number of ether oxygens (including phenoxy) is 2. The van der Waals surface area contributed by atoms with Gasteiger partial charge in [0.1, 0.15) is 0 Å². The van der Waals surface area contributed by atoms with Crippen molar-refractivity contribution in [2.24, 2.45) is 0 Å². The molecule has 2 aromatic carbocycles. The average Bonchev–Trinajstić information content (AvgIpc) is 2.82. The Balaban J connectivity index is 1.67. The Bertz CT molecular complexity index is 1050. The summed E-state index contributed by atoms with van der Waals surface area (Å²) in [6.45, 7) is 0. The summed E-state index contributed by atoms with van der Waals surface area (Å²) in [6.07, 6.45) is 0. The van der Waals surface area contributed by atoms with E-state index in [0.717, 1.165) is 21.2 Å². The lowest BCUT2D eigenvalue weighted by Crippen LogP contribution is -2.03. The van der Waals surface area contributed by atoms with Gasteiger partial charge in [0, 0.05) is 31.1 Å². The van der Waals surface area contributed by atoms with E-state index in [1.54, 1.807) is 35.7 Å². The number of thioether (sulfide) groups is 2. The summed E-state index contributed by atoms with van der Waals surface area (Å²) in [6, 6.07) is 16.7. The van der Waals surface area contributed by atoms with Gasteiger partial charge in [0.25, 0.3) is 0 Å². The van der Waals surface area contributed by atoms with Gasteiger partial charge in [0.2, 0.25) is 0 Å². The quantitative estimate of drug-likeness (QED) is 0.228. The highest BCUT2D eigenvalue weighted by Crippen LogP contribution is 2.33. The van der Waals surface area contributed by atoms with Crippen LogP contribution in [0.15, 0.2) is 74.2 Å². The summed E-state index contributed by atoms with van der Waals surface area (Å²) in [5.41, 5.74) is 2.71. The van der Waals surface area contributed by atoms with Gasteiger partial charge in [0.05, 0.1) is 36.7 Å². The number of nitrogens with zero attached hydrogens (tertiary/aromatic N) is 1. The van der Waals surface area contributed by atoms with E-state index >= 15 is 0 Å². The molecule has 0 unspecified atom stereocenters. The SMILES string of the molecule is COC(=O)c1cccc(SCc2cccc(CSc3cccc(C(=O)OC)c3S)n2)c1S. The molecule has 0 radical (unpaired) electrons. The molecule has 0 bridgehead atoms. The summed E-state index contributed by atoms with van der Waals surface area (Å²) in [5, 5.41) is 0. The number of carbonyl (C=O) groups is 2. The zero-order chi connectivity index (χ0) is 23.1. The Morgan fingerprint density at radius 2 is 1.16 bits per heavy atom. The van der Waals surface area contributed by atoms with Crippen LogP contribution >= 0.6 is 48.8 Å². The molecule has 0 aliphatic rings. The second-order valence-electron chi connectivity index (χ2n) is 6.49. The number of methoxy groups -OCH3 is 2. The van der Waals surface area contributed by atoms with Crippen LogP contribution in [0.5, 0.6) is 0 Å². The van der Waals surface area contributed by atoms with Gasteiger partial charge in [-0.3, -0.25) is 4.98 Å². The molecule has 5 nitrogen and oxygen atoms in total. The van der Waals surface area contributed by atoms with Crippen molar-refractivity contribution in [3.63, 3.8) is 0 Å². The molecule has 0 atom stereocenters. The van der Waals surface area contributed by atoms with Gasteiger partial charge in [-0.2, -0.15) is 0 Å². The normalized spacial score (nSPS) is 10.6. The minimum Gasteiger partial charge on any atom is -0.465 e. The highest BCUT2D eigenvalue weighted by atomic mass is 32.2. The molecule has 0 spiro atoms. The Labute approximate surface area is 206 Å². The Morgan fingerprint density at radius 3 is 1.56 bits per heavy atom.